The number of carbonyl (C=O) groups is 1. The molecular formula is C17H19BrO3. The first-order valence-electron chi connectivity index (χ1n) is 6.89. The van der Waals surface area contributed by atoms with Gasteiger partial charge in [-0.1, -0.05) is 30.3 Å². The lowest BCUT2D eigenvalue weighted by Gasteiger charge is -2.19. The summed E-state index contributed by atoms with van der Waals surface area (Å²) in [7, 11) is 0. The van der Waals surface area contributed by atoms with Crippen molar-refractivity contribution >= 4 is 32.7 Å². The van der Waals surface area contributed by atoms with Crippen molar-refractivity contribution in [3.8, 4) is 5.75 Å². The van der Waals surface area contributed by atoms with E-state index in [1.807, 2.05) is 57.2 Å². The van der Waals surface area contributed by atoms with Gasteiger partial charge in [-0.25, -0.2) is 0 Å². The van der Waals surface area contributed by atoms with Crippen molar-refractivity contribution in [1.29, 1.82) is 0 Å². The van der Waals surface area contributed by atoms with E-state index in [0.717, 1.165) is 21.0 Å². The van der Waals surface area contributed by atoms with Crippen molar-refractivity contribution in [3.05, 3.63) is 40.9 Å². The number of rotatable bonds is 4. The second-order valence-electron chi connectivity index (χ2n) is 5.78. The molecule has 0 fully saturated rings. The van der Waals surface area contributed by atoms with E-state index < -0.39 is 5.60 Å². The molecule has 2 rings (SSSR count). The molecule has 0 atom stereocenters. The molecule has 2 aromatic rings. The molecule has 0 aromatic heterocycles. The molecule has 21 heavy (non-hydrogen) atoms. The van der Waals surface area contributed by atoms with Gasteiger partial charge in [-0.15, -0.1) is 0 Å². The number of carbonyl (C=O) groups excluding carboxylic acids is 1. The highest BCUT2D eigenvalue weighted by Crippen LogP contribution is 2.33. The van der Waals surface area contributed by atoms with Crippen LogP contribution in [-0.4, -0.2) is 18.2 Å². The quantitative estimate of drug-likeness (QED) is 0.748. The van der Waals surface area contributed by atoms with Crippen LogP contribution in [0.2, 0.25) is 0 Å². The van der Waals surface area contributed by atoms with Gasteiger partial charge in [0.1, 0.15) is 11.4 Å². The van der Waals surface area contributed by atoms with Crippen molar-refractivity contribution < 1.29 is 14.3 Å². The molecule has 0 amide bonds. The predicted molar refractivity (Wildman–Crippen MR) is 87.6 cm³/mol. The Kier molecular flexibility index (Phi) is 4.88. The zero-order valence-corrected chi connectivity index (χ0v) is 14.1. The van der Waals surface area contributed by atoms with Crippen LogP contribution in [0.3, 0.4) is 0 Å². The second-order valence-corrected chi connectivity index (χ2v) is 6.58. The number of benzene rings is 2. The average Bonchev–Trinajstić information content (AvgIpc) is 2.40. The zero-order valence-electron chi connectivity index (χ0n) is 12.5. The van der Waals surface area contributed by atoms with E-state index in [1.54, 1.807) is 0 Å². The molecule has 0 radical (unpaired) electrons. The van der Waals surface area contributed by atoms with Gasteiger partial charge in [0, 0.05) is 0 Å². The third-order valence-electron chi connectivity index (χ3n) is 2.81. The summed E-state index contributed by atoms with van der Waals surface area (Å²) < 4.78 is 11.8. The lowest BCUT2D eigenvalue weighted by atomic mass is 10.1. The first-order chi connectivity index (χ1) is 9.87. The molecule has 3 nitrogen and oxygen atoms in total. The average molecular weight is 351 g/mol. The van der Waals surface area contributed by atoms with Crippen molar-refractivity contribution in [3.63, 3.8) is 0 Å². The highest BCUT2D eigenvalue weighted by atomic mass is 79.9. The molecule has 2 aromatic carbocycles. The monoisotopic (exact) mass is 350 g/mol. The van der Waals surface area contributed by atoms with E-state index in [9.17, 15) is 4.79 Å². The third kappa shape index (κ3) is 4.46. The maximum Gasteiger partial charge on any atom is 0.309 e. The number of hydrogen-bond acceptors (Lipinski definition) is 3. The van der Waals surface area contributed by atoms with Crippen LogP contribution in [0.25, 0.3) is 10.8 Å². The topological polar surface area (TPSA) is 35.5 Å². The van der Waals surface area contributed by atoms with Crippen LogP contribution in [0.1, 0.15) is 27.2 Å². The molecule has 0 N–H and O–H groups in total. The van der Waals surface area contributed by atoms with Crippen molar-refractivity contribution in [2.45, 2.75) is 32.8 Å². The molecule has 0 heterocycles. The summed E-state index contributed by atoms with van der Waals surface area (Å²) in [4.78, 5) is 11.6. The molecule has 112 valence electrons. The maximum absolute atomic E-state index is 11.6. The maximum atomic E-state index is 11.6. The Morgan fingerprint density at radius 2 is 1.86 bits per heavy atom. The summed E-state index contributed by atoms with van der Waals surface area (Å²) in [6.45, 7) is 5.86. The lowest BCUT2D eigenvalue weighted by molar-refractivity contribution is -0.155. The van der Waals surface area contributed by atoms with Gasteiger partial charge in [-0.05, 0) is 53.5 Å². The van der Waals surface area contributed by atoms with Gasteiger partial charge in [0.15, 0.2) is 0 Å². The summed E-state index contributed by atoms with van der Waals surface area (Å²) in [6.07, 6.45) is 0.233. The highest BCUT2D eigenvalue weighted by molar-refractivity contribution is 9.10. The molecule has 0 aliphatic heterocycles. The standard InChI is InChI=1S/C17H19BrO3/c1-17(2,3)21-15(19)10-11-20-14-9-8-12-6-4-5-7-13(12)16(14)18/h4-9H,10-11H2,1-3H3. The second kappa shape index (κ2) is 6.48. The molecule has 0 aliphatic carbocycles. The van der Waals surface area contributed by atoms with E-state index in [4.69, 9.17) is 9.47 Å². The summed E-state index contributed by atoms with van der Waals surface area (Å²) in [5.41, 5.74) is -0.458. The number of esters is 1. The minimum absolute atomic E-state index is 0.233. The zero-order chi connectivity index (χ0) is 15.5. The summed E-state index contributed by atoms with van der Waals surface area (Å²) in [5, 5.41) is 2.23. The first kappa shape index (κ1) is 15.8. The Morgan fingerprint density at radius 3 is 2.57 bits per heavy atom. The fraction of sp³-hybridized carbons (Fsp3) is 0.353. The Morgan fingerprint density at radius 1 is 1.14 bits per heavy atom. The minimum atomic E-state index is -0.458. The number of fused-ring (bicyclic) bond motifs is 1. The lowest BCUT2D eigenvalue weighted by Crippen LogP contribution is -2.24. The number of ether oxygens (including phenoxy) is 2. The third-order valence-corrected chi connectivity index (χ3v) is 3.63. The SMILES string of the molecule is CC(C)(C)OC(=O)CCOc1ccc2ccccc2c1Br. The van der Waals surface area contributed by atoms with Gasteiger partial charge in [-0.3, -0.25) is 4.79 Å². The number of halogens is 1. The largest absolute Gasteiger partial charge is 0.492 e. The fourth-order valence-electron chi connectivity index (χ4n) is 1.96. The van der Waals surface area contributed by atoms with Gasteiger partial charge >= 0.3 is 5.97 Å². The van der Waals surface area contributed by atoms with E-state index in [1.165, 1.54) is 0 Å². The van der Waals surface area contributed by atoms with Crippen molar-refractivity contribution in [2.75, 3.05) is 6.61 Å². The summed E-state index contributed by atoms with van der Waals surface area (Å²) in [6, 6.07) is 12.0. The van der Waals surface area contributed by atoms with Crippen LogP contribution in [0.15, 0.2) is 40.9 Å². The Hall–Kier alpha value is -1.55. The smallest absolute Gasteiger partial charge is 0.309 e. The van der Waals surface area contributed by atoms with Crippen LogP contribution in [0.4, 0.5) is 0 Å². The molecule has 0 saturated carbocycles. The molecule has 0 saturated heterocycles. The summed E-state index contributed by atoms with van der Waals surface area (Å²) >= 11 is 3.56. The molecule has 0 unspecified atom stereocenters. The summed E-state index contributed by atoms with van der Waals surface area (Å²) in [5.74, 6) is 0.483. The van der Waals surface area contributed by atoms with E-state index in [-0.39, 0.29) is 12.4 Å². The molecule has 0 spiro atoms. The van der Waals surface area contributed by atoms with Crippen molar-refractivity contribution in [1.82, 2.24) is 0 Å². The molecule has 0 aliphatic rings. The first-order valence-corrected chi connectivity index (χ1v) is 7.68. The van der Waals surface area contributed by atoms with E-state index >= 15 is 0 Å². The van der Waals surface area contributed by atoms with Gasteiger partial charge in [0.25, 0.3) is 0 Å². The Bertz CT molecular complexity index is 644. The van der Waals surface area contributed by atoms with E-state index in [0.29, 0.717) is 6.61 Å². The van der Waals surface area contributed by atoms with Crippen molar-refractivity contribution in [2.24, 2.45) is 0 Å². The fourth-order valence-corrected chi connectivity index (χ4v) is 2.57. The van der Waals surface area contributed by atoms with Gasteiger partial charge < -0.3 is 9.47 Å². The van der Waals surface area contributed by atoms with E-state index in [2.05, 4.69) is 15.9 Å². The predicted octanol–water partition coefficient (Wildman–Crippen LogP) is 4.71. The van der Waals surface area contributed by atoms with Gasteiger partial charge in [0.05, 0.1) is 17.5 Å². The Balaban J connectivity index is 1.98. The van der Waals surface area contributed by atoms with Gasteiger partial charge in [0.2, 0.25) is 0 Å². The van der Waals surface area contributed by atoms with Crippen LogP contribution in [0, 0.1) is 0 Å². The van der Waals surface area contributed by atoms with Crippen LogP contribution < -0.4 is 4.74 Å². The Labute approximate surface area is 133 Å². The van der Waals surface area contributed by atoms with Gasteiger partial charge in [-0.2, -0.15) is 0 Å². The molecular weight excluding hydrogens is 332 g/mol. The van der Waals surface area contributed by atoms with Crippen LogP contribution >= 0.6 is 15.9 Å². The van der Waals surface area contributed by atoms with Crippen LogP contribution in [-0.2, 0) is 9.53 Å². The minimum Gasteiger partial charge on any atom is -0.492 e. The normalized spacial score (nSPS) is 11.4. The number of hydrogen-bond donors (Lipinski definition) is 0. The molecule has 0 bridgehead atoms. The van der Waals surface area contributed by atoms with Crippen LogP contribution in [0.5, 0.6) is 5.75 Å². The highest BCUT2D eigenvalue weighted by Gasteiger charge is 2.16. The molecule has 4 heteroatoms.